The number of hydrogen-bond donors (Lipinski definition) is 2. The number of aryl methyl sites for hydroxylation is 1. The number of nitrogens with one attached hydrogen (secondary N) is 1. The number of rotatable bonds is 8. The van der Waals surface area contributed by atoms with Crippen molar-refractivity contribution in [3.63, 3.8) is 0 Å². The van der Waals surface area contributed by atoms with Crippen LogP contribution in [0.15, 0.2) is 42.1 Å². The maximum atomic E-state index is 12.7. The molecule has 0 fully saturated rings. The summed E-state index contributed by atoms with van der Waals surface area (Å²) in [7, 11) is 0. The Morgan fingerprint density at radius 1 is 1.29 bits per heavy atom. The van der Waals surface area contributed by atoms with Gasteiger partial charge in [0.15, 0.2) is 28.6 Å². The molecule has 2 aliphatic rings. The molecule has 2 amide bonds. The van der Waals surface area contributed by atoms with Crippen LogP contribution in [0.1, 0.15) is 39.1 Å². The second-order valence-corrected chi connectivity index (χ2v) is 9.91. The van der Waals surface area contributed by atoms with Crippen LogP contribution in [0.25, 0.3) is 0 Å². The molecule has 5 rings (SSSR count). The lowest BCUT2D eigenvalue weighted by atomic mass is 10.1. The number of nitrogens with zero attached hydrogens (tertiary/aromatic N) is 3. The normalized spacial score (nSPS) is 16.2. The van der Waals surface area contributed by atoms with Gasteiger partial charge in [-0.3, -0.25) is 14.2 Å². The lowest BCUT2D eigenvalue weighted by Crippen LogP contribution is -2.25. The average molecular weight is 498 g/mol. The Kier molecular flexibility index (Phi) is 6.29. The first-order chi connectivity index (χ1) is 16.5. The van der Waals surface area contributed by atoms with Gasteiger partial charge >= 0.3 is 0 Å². The van der Waals surface area contributed by atoms with Gasteiger partial charge in [0.25, 0.3) is 5.91 Å². The summed E-state index contributed by atoms with van der Waals surface area (Å²) in [5.41, 5.74) is 7.01. The van der Waals surface area contributed by atoms with Crippen molar-refractivity contribution >= 4 is 39.9 Å². The summed E-state index contributed by atoms with van der Waals surface area (Å²) < 4.78 is 13.8. The number of anilines is 1. The third-order valence-corrected chi connectivity index (χ3v) is 7.78. The van der Waals surface area contributed by atoms with Gasteiger partial charge in [-0.1, -0.05) is 30.0 Å². The number of thioether (sulfide) groups is 1. The summed E-state index contributed by atoms with van der Waals surface area (Å²) in [5, 5.41) is 12.5. The number of aromatic nitrogens is 3. The molecule has 1 aliphatic heterocycles. The van der Waals surface area contributed by atoms with E-state index in [0.29, 0.717) is 46.2 Å². The highest BCUT2D eigenvalue weighted by Crippen LogP contribution is 2.39. The van der Waals surface area contributed by atoms with Crippen molar-refractivity contribution in [3.05, 3.63) is 58.7 Å². The predicted octanol–water partition coefficient (Wildman–Crippen LogP) is 3.36. The number of primary amides is 1. The van der Waals surface area contributed by atoms with Crippen LogP contribution in [0.5, 0.6) is 11.5 Å². The molecule has 3 aromatic rings. The van der Waals surface area contributed by atoms with E-state index in [1.807, 2.05) is 28.8 Å². The van der Waals surface area contributed by atoms with E-state index in [1.54, 1.807) is 6.08 Å². The van der Waals surface area contributed by atoms with Crippen LogP contribution < -0.4 is 20.5 Å². The topological polar surface area (TPSA) is 121 Å². The van der Waals surface area contributed by atoms with Gasteiger partial charge in [-0.15, -0.1) is 28.1 Å². The first kappa shape index (κ1) is 22.5. The van der Waals surface area contributed by atoms with E-state index < -0.39 is 12.0 Å². The fourth-order valence-electron chi connectivity index (χ4n) is 4.14. The first-order valence-electron chi connectivity index (χ1n) is 10.8. The summed E-state index contributed by atoms with van der Waals surface area (Å²) in [4.78, 5) is 25.8. The zero-order valence-electron chi connectivity index (χ0n) is 18.3. The van der Waals surface area contributed by atoms with E-state index in [-0.39, 0.29) is 11.7 Å². The van der Waals surface area contributed by atoms with E-state index in [9.17, 15) is 9.59 Å². The van der Waals surface area contributed by atoms with Gasteiger partial charge in [-0.2, -0.15) is 0 Å². The fraction of sp³-hybridized carbons (Fsp3) is 0.304. The molecule has 0 radical (unpaired) electrons. The van der Waals surface area contributed by atoms with Crippen LogP contribution in [0.2, 0.25) is 0 Å². The summed E-state index contributed by atoms with van der Waals surface area (Å²) in [6.07, 6.45) is 4.04. The highest BCUT2D eigenvalue weighted by atomic mass is 32.2. The maximum Gasteiger partial charge on any atom is 0.251 e. The van der Waals surface area contributed by atoms with Gasteiger partial charge < -0.3 is 20.5 Å². The Morgan fingerprint density at radius 3 is 2.91 bits per heavy atom. The Morgan fingerprint density at radius 2 is 2.12 bits per heavy atom. The van der Waals surface area contributed by atoms with Crippen LogP contribution in [-0.2, 0) is 24.2 Å². The summed E-state index contributed by atoms with van der Waals surface area (Å²) >= 11 is 2.69. The number of allylic oxidation sites excluding steroid dienone is 1. The molecule has 1 atom stereocenters. The number of para-hydroxylation sites is 2. The van der Waals surface area contributed by atoms with Crippen LogP contribution in [0.3, 0.4) is 0 Å². The lowest BCUT2D eigenvalue weighted by molar-refractivity contribution is -0.113. The van der Waals surface area contributed by atoms with Gasteiger partial charge in [0.2, 0.25) is 5.91 Å². The lowest BCUT2D eigenvalue weighted by Gasteiger charge is -2.26. The van der Waals surface area contributed by atoms with Crippen LogP contribution >= 0.6 is 23.1 Å². The fourth-order valence-corrected chi connectivity index (χ4v) is 6.20. The van der Waals surface area contributed by atoms with E-state index in [1.165, 1.54) is 23.1 Å². The maximum absolute atomic E-state index is 12.7. The molecular weight excluding hydrogens is 474 g/mol. The summed E-state index contributed by atoms with van der Waals surface area (Å²) in [6.45, 7) is 4.58. The van der Waals surface area contributed by atoms with Crippen molar-refractivity contribution in [2.75, 3.05) is 17.7 Å². The van der Waals surface area contributed by atoms with E-state index in [2.05, 4.69) is 22.1 Å². The molecule has 3 heterocycles. The SMILES string of the molecule is C=CCn1c(SCC(=O)Nc2sc3c(c2C(N)=O)CCC3)nnc1[C@@H]1COc2ccccc2O1. The molecule has 3 N–H and O–H groups in total. The molecule has 11 heteroatoms. The van der Waals surface area contributed by atoms with Crippen molar-refractivity contribution in [3.8, 4) is 11.5 Å². The van der Waals surface area contributed by atoms with Crippen molar-refractivity contribution in [1.29, 1.82) is 0 Å². The summed E-state index contributed by atoms with van der Waals surface area (Å²) in [5.74, 6) is 1.29. The van der Waals surface area contributed by atoms with Gasteiger partial charge in [0.05, 0.1) is 11.3 Å². The van der Waals surface area contributed by atoms with Gasteiger partial charge in [0.1, 0.15) is 11.6 Å². The molecule has 9 nitrogen and oxygen atoms in total. The molecule has 0 bridgehead atoms. The minimum atomic E-state index is -0.506. The highest BCUT2D eigenvalue weighted by Gasteiger charge is 2.29. The number of carbonyl (C=O) groups excluding carboxylic acids is 2. The summed E-state index contributed by atoms with van der Waals surface area (Å²) in [6, 6.07) is 7.46. The molecular formula is C23H23N5O4S2. The van der Waals surface area contributed by atoms with E-state index in [4.69, 9.17) is 15.2 Å². The standard InChI is InChI=1S/C23H23N5O4S2/c1-2-10-28-21(16-11-31-14-7-3-4-8-15(14)32-16)26-27-23(28)33-12-18(29)25-22-19(20(24)30)13-6-5-9-17(13)34-22/h2-4,7-8,16H,1,5-6,9-12H2,(H2,24,30)(H,25,29)/t16-/m0/s1. The second kappa shape index (κ2) is 9.51. The van der Waals surface area contributed by atoms with Gasteiger partial charge in [0, 0.05) is 11.4 Å². The third kappa shape index (κ3) is 4.28. The largest absolute Gasteiger partial charge is 0.485 e. The number of carbonyl (C=O) groups is 2. The van der Waals surface area contributed by atoms with E-state index in [0.717, 1.165) is 29.7 Å². The minimum Gasteiger partial charge on any atom is -0.485 e. The molecule has 2 aromatic heterocycles. The molecule has 34 heavy (non-hydrogen) atoms. The number of nitrogens with two attached hydrogens (primary N) is 1. The van der Waals surface area contributed by atoms with Crippen molar-refractivity contribution in [2.45, 2.75) is 37.1 Å². The van der Waals surface area contributed by atoms with Crippen molar-refractivity contribution < 1.29 is 19.1 Å². The molecule has 0 unspecified atom stereocenters. The number of benzene rings is 1. The number of ether oxygens (including phenoxy) is 2. The zero-order chi connectivity index (χ0) is 23.7. The van der Waals surface area contributed by atoms with Crippen LogP contribution in [-0.4, -0.2) is 38.9 Å². The Hall–Kier alpha value is -3.31. The Balaban J connectivity index is 1.28. The minimum absolute atomic E-state index is 0.0981. The highest BCUT2D eigenvalue weighted by molar-refractivity contribution is 7.99. The second-order valence-electron chi connectivity index (χ2n) is 7.87. The number of fused-ring (bicyclic) bond motifs is 2. The van der Waals surface area contributed by atoms with Crippen LogP contribution in [0, 0.1) is 0 Å². The van der Waals surface area contributed by atoms with E-state index >= 15 is 0 Å². The first-order valence-corrected chi connectivity index (χ1v) is 12.6. The molecule has 1 aromatic carbocycles. The predicted molar refractivity (Wildman–Crippen MR) is 130 cm³/mol. The number of amides is 2. The third-order valence-electron chi connectivity index (χ3n) is 5.61. The van der Waals surface area contributed by atoms with Gasteiger partial charge in [-0.05, 0) is 37.0 Å². The number of thiophene rings is 1. The average Bonchev–Trinajstić information content (AvgIpc) is 3.52. The number of hydrogen-bond acceptors (Lipinski definition) is 8. The molecule has 0 spiro atoms. The van der Waals surface area contributed by atoms with Crippen LogP contribution in [0.4, 0.5) is 5.00 Å². The molecule has 0 saturated carbocycles. The monoisotopic (exact) mass is 497 g/mol. The molecule has 0 saturated heterocycles. The molecule has 1 aliphatic carbocycles. The molecule has 176 valence electrons. The zero-order valence-corrected chi connectivity index (χ0v) is 19.9. The van der Waals surface area contributed by atoms with Crippen molar-refractivity contribution in [1.82, 2.24) is 14.8 Å². The smallest absolute Gasteiger partial charge is 0.251 e. The van der Waals surface area contributed by atoms with Crippen molar-refractivity contribution in [2.24, 2.45) is 5.73 Å². The quantitative estimate of drug-likeness (QED) is 0.362. The van der Waals surface area contributed by atoms with Gasteiger partial charge in [-0.25, -0.2) is 0 Å². The Labute approximate surface area is 204 Å². The Bertz CT molecular complexity index is 1270.